The summed E-state index contributed by atoms with van der Waals surface area (Å²) in [5.41, 5.74) is 0.895. The van der Waals surface area contributed by atoms with Crippen LogP contribution >= 0.6 is 11.6 Å². The zero-order valence-electron chi connectivity index (χ0n) is 15.8. The Kier molecular flexibility index (Phi) is 5.18. The van der Waals surface area contributed by atoms with Gasteiger partial charge in [0, 0.05) is 28.4 Å². The number of rotatable bonds is 4. The molecule has 0 aliphatic heterocycles. The highest BCUT2D eigenvalue weighted by Crippen LogP contribution is 2.46. The van der Waals surface area contributed by atoms with Crippen molar-refractivity contribution >= 4 is 11.6 Å². The van der Waals surface area contributed by atoms with Crippen molar-refractivity contribution < 1.29 is 9.84 Å². The fourth-order valence-electron chi connectivity index (χ4n) is 3.08. The number of halogens is 1. The molecule has 0 fully saturated rings. The van der Waals surface area contributed by atoms with Crippen LogP contribution < -0.4 is 4.74 Å². The summed E-state index contributed by atoms with van der Waals surface area (Å²) in [7, 11) is 1.52. The van der Waals surface area contributed by atoms with Crippen LogP contribution in [-0.2, 0) is 5.60 Å². The first-order valence-electron chi connectivity index (χ1n) is 8.56. The van der Waals surface area contributed by atoms with Gasteiger partial charge in [-0.25, -0.2) is 9.97 Å². The van der Waals surface area contributed by atoms with E-state index in [1.807, 2.05) is 57.2 Å². The van der Waals surface area contributed by atoms with Gasteiger partial charge in [0.2, 0.25) is 5.88 Å². The summed E-state index contributed by atoms with van der Waals surface area (Å²) in [6.45, 7) is 5.82. The predicted molar refractivity (Wildman–Crippen MR) is 106 cm³/mol. The maximum Gasteiger partial charge on any atom is 0.222 e. The lowest BCUT2D eigenvalue weighted by molar-refractivity contribution is -0.0319. The maximum absolute atomic E-state index is 11.8. The molecule has 0 bridgehead atoms. The Morgan fingerprint density at radius 1 is 0.926 bits per heavy atom. The van der Waals surface area contributed by atoms with Crippen molar-refractivity contribution in [2.45, 2.75) is 26.4 Å². The number of ether oxygens (including phenoxy) is 1. The third-order valence-corrected chi connectivity index (χ3v) is 4.91. The lowest BCUT2D eigenvalue weighted by Gasteiger charge is -2.40. The second-order valence-electron chi connectivity index (χ2n) is 7.35. The number of nitrogens with zero attached hydrogens (tertiary/aromatic N) is 3. The molecule has 1 unspecified atom stereocenters. The van der Waals surface area contributed by atoms with Crippen molar-refractivity contribution in [2.24, 2.45) is 5.41 Å². The second kappa shape index (κ2) is 7.25. The minimum absolute atomic E-state index is 0.325. The summed E-state index contributed by atoms with van der Waals surface area (Å²) >= 11 is 5.96. The fourth-order valence-corrected chi connectivity index (χ4v) is 3.20. The fraction of sp³-hybridized carbons (Fsp3) is 0.286. The number of hydrogen-bond donors (Lipinski definition) is 1. The van der Waals surface area contributed by atoms with Gasteiger partial charge in [0.15, 0.2) is 0 Å². The molecule has 3 aromatic rings. The van der Waals surface area contributed by atoms with Gasteiger partial charge in [0.05, 0.1) is 18.4 Å². The standard InChI is InChI=1S/C21H22ClN3O2/c1-20(2,3)21(26,17-12-23-13-25-19(17)27-4)18-10-7-15(11-24-18)14-5-8-16(22)9-6-14/h5-13,26H,1-4H3. The minimum Gasteiger partial charge on any atom is -0.481 e. The van der Waals surface area contributed by atoms with Gasteiger partial charge in [-0.1, -0.05) is 50.6 Å². The Labute approximate surface area is 164 Å². The molecule has 2 aromatic heterocycles. The van der Waals surface area contributed by atoms with Crippen molar-refractivity contribution in [3.63, 3.8) is 0 Å². The largest absolute Gasteiger partial charge is 0.481 e. The highest BCUT2D eigenvalue weighted by atomic mass is 35.5. The SMILES string of the molecule is COc1ncncc1C(O)(c1ccc(-c2ccc(Cl)cc2)cn1)C(C)(C)C. The van der Waals surface area contributed by atoms with E-state index in [1.54, 1.807) is 12.4 Å². The molecule has 5 nitrogen and oxygen atoms in total. The van der Waals surface area contributed by atoms with Crippen molar-refractivity contribution in [3.05, 3.63) is 71.4 Å². The van der Waals surface area contributed by atoms with Crippen LogP contribution in [0.15, 0.2) is 55.1 Å². The predicted octanol–water partition coefficient (Wildman–Crippen LogP) is 4.48. The van der Waals surface area contributed by atoms with Gasteiger partial charge in [-0.3, -0.25) is 4.98 Å². The summed E-state index contributed by atoms with van der Waals surface area (Å²) in [5, 5.41) is 12.4. The van der Waals surface area contributed by atoms with Crippen LogP contribution in [0.5, 0.6) is 5.88 Å². The van der Waals surface area contributed by atoms with Gasteiger partial charge in [0.1, 0.15) is 11.9 Å². The van der Waals surface area contributed by atoms with Crippen LogP contribution in [-0.4, -0.2) is 27.2 Å². The van der Waals surface area contributed by atoms with Crippen LogP contribution in [0.4, 0.5) is 0 Å². The summed E-state index contributed by atoms with van der Waals surface area (Å²) < 4.78 is 5.36. The van der Waals surface area contributed by atoms with Crippen molar-refractivity contribution in [1.82, 2.24) is 15.0 Å². The molecule has 0 saturated carbocycles. The molecule has 0 saturated heterocycles. The minimum atomic E-state index is -1.43. The summed E-state index contributed by atoms with van der Waals surface area (Å²) in [5.74, 6) is 0.325. The lowest BCUT2D eigenvalue weighted by atomic mass is 9.70. The molecule has 1 atom stereocenters. The molecule has 0 radical (unpaired) electrons. The summed E-state index contributed by atoms with van der Waals surface area (Å²) in [6, 6.07) is 11.3. The Morgan fingerprint density at radius 2 is 1.59 bits per heavy atom. The Morgan fingerprint density at radius 3 is 2.15 bits per heavy atom. The van der Waals surface area contributed by atoms with E-state index in [-0.39, 0.29) is 0 Å². The zero-order chi connectivity index (χ0) is 19.7. The van der Waals surface area contributed by atoms with Crippen LogP contribution in [0.25, 0.3) is 11.1 Å². The number of aromatic nitrogens is 3. The van der Waals surface area contributed by atoms with E-state index in [4.69, 9.17) is 16.3 Å². The number of benzene rings is 1. The van der Waals surface area contributed by atoms with Gasteiger partial charge in [-0.15, -0.1) is 0 Å². The number of aliphatic hydroxyl groups is 1. The maximum atomic E-state index is 11.8. The second-order valence-corrected chi connectivity index (χ2v) is 7.78. The van der Waals surface area contributed by atoms with Gasteiger partial charge < -0.3 is 9.84 Å². The third-order valence-electron chi connectivity index (χ3n) is 4.66. The van der Waals surface area contributed by atoms with Gasteiger partial charge in [0.25, 0.3) is 0 Å². The van der Waals surface area contributed by atoms with E-state index in [0.717, 1.165) is 11.1 Å². The molecule has 1 N–H and O–H groups in total. The molecule has 140 valence electrons. The number of methoxy groups -OCH3 is 1. The third kappa shape index (κ3) is 3.53. The highest BCUT2D eigenvalue weighted by Gasteiger charge is 2.47. The van der Waals surface area contributed by atoms with E-state index in [1.165, 1.54) is 13.4 Å². The Balaban J connectivity index is 2.10. The Hall–Kier alpha value is -2.50. The summed E-state index contributed by atoms with van der Waals surface area (Å²) in [6.07, 6.45) is 4.71. The zero-order valence-corrected chi connectivity index (χ0v) is 16.5. The van der Waals surface area contributed by atoms with Gasteiger partial charge in [-0.2, -0.15) is 0 Å². The molecule has 0 amide bonds. The van der Waals surface area contributed by atoms with E-state index in [9.17, 15) is 5.11 Å². The molecule has 0 spiro atoms. The van der Waals surface area contributed by atoms with Crippen LogP contribution in [0.1, 0.15) is 32.0 Å². The van der Waals surface area contributed by atoms with Crippen LogP contribution in [0.2, 0.25) is 5.02 Å². The monoisotopic (exact) mass is 383 g/mol. The van der Waals surface area contributed by atoms with E-state index >= 15 is 0 Å². The average molecular weight is 384 g/mol. The summed E-state index contributed by atoms with van der Waals surface area (Å²) in [4.78, 5) is 12.8. The first-order chi connectivity index (χ1) is 12.8. The normalized spacial score (nSPS) is 13.9. The molecule has 0 aliphatic rings. The molecule has 6 heteroatoms. The van der Waals surface area contributed by atoms with Crippen LogP contribution in [0.3, 0.4) is 0 Å². The lowest BCUT2D eigenvalue weighted by Crippen LogP contribution is -2.42. The van der Waals surface area contributed by atoms with Gasteiger partial charge in [-0.05, 0) is 23.8 Å². The van der Waals surface area contributed by atoms with Crippen molar-refractivity contribution in [1.29, 1.82) is 0 Å². The van der Waals surface area contributed by atoms with Crippen molar-refractivity contribution in [3.8, 4) is 17.0 Å². The molecule has 2 heterocycles. The van der Waals surface area contributed by atoms with E-state index < -0.39 is 11.0 Å². The molecule has 1 aromatic carbocycles. The first kappa shape index (κ1) is 19.3. The van der Waals surface area contributed by atoms with Gasteiger partial charge >= 0.3 is 0 Å². The molecule has 27 heavy (non-hydrogen) atoms. The molecular weight excluding hydrogens is 362 g/mol. The molecule has 3 rings (SSSR count). The number of hydrogen-bond acceptors (Lipinski definition) is 5. The quantitative estimate of drug-likeness (QED) is 0.719. The highest BCUT2D eigenvalue weighted by molar-refractivity contribution is 6.30. The molecule has 0 aliphatic carbocycles. The molecular formula is C21H22ClN3O2. The Bertz CT molecular complexity index is 921. The smallest absolute Gasteiger partial charge is 0.222 e. The topological polar surface area (TPSA) is 68.1 Å². The van der Waals surface area contributed by atoms with E-state index in [2.05, 4.69) is 15.0 Å². The van der Waals surface area contributed by atoms with E-state index in [0.29, 0.717) is 22.2 Å². The first-order valence-corrected chi connectivity index (χ1v) is 8.94. The van der Waals surface area contributed by atoms with Crippen molar-refractivity contribution in [2.75, 3.05) is 7.11 Å². The average Bonchev–Trinajstić information content (AvgIpc) is 2.67. The number of pyridine rings is 1. The van der Waals surface area contributed by atoms with Crippen LogP contribution in [0, 0.1) is 5.41 Å².